The Morgan fingerprint density at radius 2 is 0.935 bits per heavy atom. The summed E-state index contributed by atoms with van der Waals surface area (Å²) in [6.45, 7) is 0.540. The molecule has 4 rings (SSSR count). The van der Waals surface area contributed by atoms with Crippen molar-refractivity contribution >= 4 is 29.1 Å². The smallest absolute Gasteiger partial charge is 0.259 e. The predicted molar refractivity (Wildman–Crippen MR) is 128 cm³/mol. The van der Waals surface area contributed by atoms with E-state index in [9.17, 15) is 4.79 Å². The fourth-order valence-corrected chi connectivity index (χ4v) is 7.86. The van der Waals surface area contributed by atoms with E-state index in [1.165, 1.54) is 15.9 Å². The fraction of sp³-hybridized carbons (Fsp3) is 0.0741. The zero-order valence-electron chi connectivity index (χ0n) is 17.2. The Hall–Kier alpha value is -2.74. The van der Waals surface area contributed by atoms with Crippen molar-refractivity contribution in [3.05, 3.63) is 127 Å². The molecule has 31 heavy (non-hydrogen) atoms. The second-order valence-electron chi connectivity index (χ2n) is 7.24. The quantitative estimate of drug-likeness (QED) is 0.389. The van der Waals surface area contributed by atoms with E-state index in [0.29, 0.717) is 12.7 Å². The van der Waals surface area contributed by atoms with Gasteiger partial charge in [-0.25, -0.2) is 0 Å². The molecule has 156 valence electrons. The second-order valence-corrected chi connectivity index (χ2v) is 10.7. The van der Waals surface area contributed by atoms with Crippen LogP contribution in [0, 0.1) is 0 Å². The van der Waals surface area contributed by atoms with Crippen molar-refractivity contribution in [1.29, 1.82) is 0 Å². The first-order valence-corrected chi connectivity index (χ1v) is 12.1. The van der Waals surface area contributed by atoms with E-state index in [2.05, 4.69) is 78.1 Å². The van der Waals surface area contributed by atoms with Gasteiger partial charge in [0.1, 0.15) is 23.2 Å². The van der Waals surface area contributed by atoms with E-state index in [4.69, 9.17) is 0 Å². The van der Waals surface area contributed by atoms with Crippen LogP contribution in [-0.2, 0) is 11.3 Å². The summed E-state index contributed by atoms with van der Waals surface area (Å²) in [5.41, 5.74) is 1.11. The molecule has 4 aromatic rings. The molecule has 0 unspecified atom stereocenters. The Bertz CT molecular complexity index is 977. The zero-order chi connectivity index (χ0) is 20.7. The van der Waals surface area contributed by atoms with Gasteiger partial charge in [-0.05, 0) is 42.0 Å². The number of carbonyl (C=O) groups is 1. The minimum Gasteiger partial charge on any atom is -1.00 e. The normalized spacial score (nSPS) is 10.7. The van der Waals surface area contributed by atoms with Gasteiger partial charge in [0.2, 0.25) is 0 Å². The highest BCUT2D eigenvalue weighted by atomic mass is 79.9. The largest absolute Gasteiger partial charge is 1.00 e. The van der Waals surface area contributed by atoms with Gasteiger partial charge in [0.05, 0.1) is 0 Å². The Kier molecular flexibility index (Phi) is 8.17. The predicted octanol–water partition coefficient (Wildman–Crippen LogP) is 1.30. The van der Waals surface area contributed by atoms with E-state index in [-0.39, 0.29) is 22.9 Å². The molecule has 0 aliphatic heterocycles. The third-order valence-electron chi connectivity index (χ3n) is 5.30. The van der Waals surface area contributed by atoms with Gasteiger partial charge >= 0.3 is 0 Å². The van der Waals surface area contributed by atoms with Gasteiger partial charge in [-0.2, -0.15) is 0 Å². The van der Waals surface area contributed by atoms with Crippen LogP contribution in [-0.4, -0.2) is 12.1 Å². The highest BCUT2D eigenvalue weighted by Crippen LogP contribution is 2.54. The van der Waals surface area contributed by atoms with Gasteiger partial charge in [0, 0.05) is 6.54 Å². The molecule has 0 fully saturated rings. The number of nitrogens with one attached hydrogen (secondary N) is 1. The van der Waals surface area contributed by atoms with Gasteiger partial charge < -0.3 is 22.3 Å². The summed E-state index contributed by atoms with van der Waals surface area (Å²) in [6, 6.07) is 41.5. The van der Waals surface area contributed by atoms with Crippen LogP contribution in [0.1, 0.15) is 5.56 Å². The Morgan fingerprint density at radius 1 is 0.581 bits per heavy atom. The molecule has 0 aromatic heterocycles. The molecule has 4 aromatic carbocycles. The van der Waals surface area contributed by atoms with Gasteiger partial charge in [0.25, 0.3) is 5.91 Å². The van der Waals surface area contributed by atoms with Crippen LogP contribution < -0.4 is 38.2 Å². The van der Waals surface area contributed by atoms with Crippen molar-refractivity contribution in [2.45, 2.75) is 6.54 Å². The lowest BCUT2D eigenvalue weighted by atomic mass is 10.2. The van der Waals surface area contributed by atoms with Crippen LogP contribution in [0.3, 0.4) is 0 Å². The van der Waals surface area contributed by atoms with E-state index >= 15 is 0 Å². The van der Waals surface area contributed by atoms with E-state index < -0.39 is 7.26 Å². The van der Waals surface area contributed by atoms with Crippen molar-refractivity contribution in [3.63, 3.8) is 0 Å². The summed E-state index contributed by atoms with van der Waals surface area (Å²) in [4.78, 5) is 13.3. The number of hydrogen-bond acceptors (Lipinski definition) is 1. The van der Waals surface area contributed by atoms with Crippen molar-refractivity contribution in [3.8, 4) is 0 Å². The maximum Gasteiger partial charge on any atom is 0.259 e. The first-order chi connectivity index (χ1) is 14.8. The lowest BCUT2D eigenvalue weighted by molar-refractivity contribution is -0.118. The molecular formula is C27H25BrNOP. The standard InChI is InChI=1S/C27H24NOP.BrH/c29-27(28-21-23-13-5-1-6-14-23)22-30(24-15-7-2-8-16-24,25-17-9-3-10-18-25)26-19-11-4-12-20-26;/h1-20H,21-22H2;1H. The Balaban J connectivity index is 0.00000272. The molecule has 0 saturated carbocycles. The molecule has 0 bridgehead atoms. The highest BCUT2D eigenvalue weighted by Gasteiger charge is 2.47. The maximum absolute atomic E-state index is 13.3. The number of amides is 1. The molecule has 0 aliphatic rings. The molecule has 1 N–H and O–H groups in total. The van der Waals surface area contributed by atoms with Crippen molar-refractivity contribution in [2.75, 3.05) is 6.16 Å². The Morgan fingerprint density at radius 3 is 1.32 bits per heavy atom. The molecule has 0 saturated heterocycles. The van der Waals surface area contributed by atoms with Crippen LogP contribution in [0.25, 0.3) is 0 Å². The summed E-state index contributed by atoms with van der Waals surface area (Å²) < 4.78 is 0. The van der Waals surface area contributed by atoms with Crippen LogP contribution in [0.15, 0.2) is 121 Å². The molecule has 0 aliphatic carbocycles. The average molecular weight is 490 g/mol. The average Bonchev–Trinajstić information content (AvgIpc) is 2.83. The summed E-state index contributed by atoms with van der Waals surface area (Å²) in [5, 5.41) is 6.81. The van der Waals surface area contributed by atoms with E-state index in [1.807, 2.05) is 48.5 Å². The minimum atomic E-state index is -2.14. The van der Waals surface area contributed by atoms with Crippen LogP contribution in [0.5, 0.6) is 0 Å². The van der Waals surface area contributed by atoms with Crippen LogP contribution >= 0.6 is 7.26 Å². The molecule has 0 heterocycles. The fourth-order valence-electron chi connectivity index (χ4n) is 3.84. The molecule has 1 amide bonds. The van der Waals surface area contributed by atoms with Gasteiger partial charge in [-0.3, -0.25) is 4.79 Å². The highest BCUT2D eigenvalue weighted by molar-refractivity contribution is 7.96. The molecular weight excluding hydrogens is 465 g/mol. The zero-order valence-corrected chi connectivity index (χ0v) is 19.7. The number of halogens is 1. The number of benzene rings is 4. The lowest BCUT2D eigenvalue weighted by Crippen LogP contribution is -3.00. The van der Waals surface area contributed by atoms with Gasteiger partial charge in [-0.1, -0.05) is 84.9 Å². The van der Waals surface area contributed by atoms with Crippen molar-refractivity contribution in [1.82, 2.24) is 5.32 Å². The third kappa shape index (κ3) is 5.31. The minimum absolute atomic E-state index is 0. The number of carbonyl (C=O) groups excluding carboxylic acids is 1. The van der Waals surface area contributed by atoms with Crippen molar-refractivity contribution < 1.29 is 21.8 Å². The van der Waals surface area contributed by atoms with Crippen LogP contribution in [0.4, 0.5) is 0 Å². The lowest BCUT2D eigenvalue weighted by Gasteiger charge is -2.27. The Labute approximate surface area is 195 Å². The monoisotopic (exact) mass is 489 g/mol. The topological polar surface area (TPSA) is 29.1 Å². The van der Waals surface area contributed by atoms with Gasteiger partial charge in [0.15, 0.2) is 6.16 Å². The van der Waals surface area contributed by atoms with E-state index in [0.717, 1.165) is 5.56 Å². The van der Waals surface area contributed by atoms with E-state index in [1.54, 1.807) is 0 Å². The number of rotatable bonds is 7. The molecule has 2 nitrogen and oxygen atoms in total. The third-order valence-corrected chi connectivity index (χ3v) is 9.60. The summed E-state index contributed by atoms with van der Waals surface area (Å²) >= 11 is 0. The first kappa shape index (κ1) is 22.9. The van der Waals surface area contributed by atoms with Crippen molar-refractivity contribution in [2.24, 2.45) is 0 Å². The first-order valence-electron chi connectivity index (χ1n) is 10.1. The molecule has 4 heteroatoms. The summed E-state index contributed by atoms with van der Waals surface area (Å²) in [6.07, 6.45) is 0.442. The SMILES string of the molecule is O=C(C[P+](c1ccccc1)(c1ccccc1)c1ccccc1)NCc1ccccc1.[Br-]. The second kappa shape index (κ2) is 11.0. The van der Waals surface area contributed by atoms with Crippen LogP contribution in [0.2, 0.25) is 0 Å². The van der Waals surface area contributed by atoms with Gasteiger partial charge in [-0.15, -0.1) is 0 Å². The molecule has 0 spiro atoms. The number of hydrogen-bond donors (Lipinski definition) is 1. The summed E-state index contributed by atoms with van der Waals surface area (Å²) in [7, 11) is -2.14. The maximum atomic E-state index is 13.3. The molecule has 0 radical (unpaired) electrons. The summed E-state index contributed by atoms with van der Waals surface area (Å²) in [5.74, 6) is 0.0729. The molecule has 0 atom stereocenters.